The SMILES string of the molecule is C1=Nc2n[nH]c(C3CC3)c2C(c2ncc[nH]2)n2ccnc21. The molecule has 5 rings (SSSR count). The van der Waals surface area contributed by atoms with Crippen LogP contribution in [0.2, 0.25) is 0 Å². The van der Waals surface area contributed by atoms with Crippen LogP contribution in [0.3, 0.4) is 0 Å². The zero-order valence-electron chi connectivity index (χ0n) is 11.2. The van der Waals surface area contributed by atoms with Crippen molar-refractivity contribution in [2.75, 3.05) is 0 Å². The van der Waals surface area contributed by atoms with E-state index in [1.165, 1.54) is 18.5 Å². The maximum Gasteiger partial charge on any atom is 0.179 e. The molecule has 0 bridgehead atoms. The highest BCUT2D eigenvalue weighted by Crippen LogP contribution is 2.46. The Bertz CT molecular complexity index is 820. The third-order valence-corrected chi connectivity index (χ3v) is 4.13. The van der Waals surface area contributed by atoms with E-state index in [1.54, 1.807) is 18.6 Å². The molecule has 3 aromatic rings. The Labute approximate surface area is 120 Å². The van der Waals surface area contributed by atoms with Crippen LogP contribution in [-0.2, 0) is 0 Å². The first-order valence-electron chi connectivity index (χ1n) is 7.06. The van der Waals surface area contributed by atoms with E-state index in [2.05, 4.69) is 34.7 Å². The fourth-order valence-electron chi connectivity index (χ4n) is 3.00. The van der Waals surface area contributed by atoms with Gasteiger partial charge in [-0.25, -0.2) is 15.0 Å². The van der Waals surface area contributed by atoms with Gasteiger partial charge >= 0.3 is 0 Å². The molecule has 1 unspecified atom stereocenters. The van der Waals surface area contributed by atoms with Gasteiger partial charge < -0.3 is 9.55 Å². The first-order chi connectivity index (χ1) is 10.4. The number of nitrogens with zero attached hydrogens (tertiary/aromatic N) is 5. The van der Waals surface area contributed by atoms with Crippen LogP contribution in [0.25, 0.3) is 0 Å². The van der Waals surface area contributed by atoms with Gasteiger partial charge in [0.2, 0.25) is 0 Å². The summed E-state index contributed by atoms with van der Waals surface area (Å²) in [6.45, 7) is 0. The molecule has 3 aromatic heterocycles. The number of aromatic nitrogens is 6. The number of hydrogen-bond donors (Lipinski definition) is 2. The Kier molecular flexibility index (Phi) is 2.05. The van der Waals surface area contributed by atoms with Crippen LogP contribution >= 0.6 is 0 Å². The highest BCUT2D eigenvalue weighted by molar-refractivity contribution is 5.79. The summed E-state index contributed by atoms with van der Waals surface area (Å²) < 4.78 is 2.09. The van der Waals surface area contributed by atoms with Crippen molar-refractivity contribution in [1.82, 2.24) is 29.7 Å². The lowest BCUT2D eigenvalue weighted by molar-refractivity contribution is 0.636. The van der Waals surface area contributed by atoms with E-state index < -0.39 is 0 Å². The van der Waals surface area contributed by atoms with E-state index in [9.17, 15) is 0 Å². The zero-order valence-corrected chi connectivity index (χ0v) is 11.2. The molecule has 104 valence electrons. The second kappa shape index (κ2) is 3.91. The average Bonchev–Trinajstić information content (AvgIpc) is 2.93. The van der Waals surface area contributed by atoms with Gasteiger partial charge in [-0.1, -0.05) is 0 Å². The summed E-state index contributed by atoms with van der Waals surface area (Å²) >= 11 is 0. The molecule has 1 atom stereocenters. The summed E-state index contributed by atoms with van der Waals surface area (Å²) in [6.07, 6.45) is 11.5. The van der Waals surface area contributed by atoms with Gasteiger partial charge in [0.1, 0.15) is 11.9 Å². The third kappa shape index (κ3) is 1.54. The molecule has 7 heteroatoms. The van der Waals surface area contributed by atoms with E-state index in [4.69, 9.17) is 0 Å². The lowest BCUT2D eigenvalue weighted by Crippen LogP contribution is -2.15. The number of hydrogen-bond acceptors (Lipinski definition) is 4. The van der Waals surface area contributed by atoms with Crippen molar-refractivity contribution in [3.63, 3.8) is 0 Å². The lowest BCUT2D eigenvalue weighted by atomic mass is 10.0. The van der Waals surface area contributed by atoms with Gasteiger partial charge in [-0.2, -0.15) is 5.10 Å². The van der Waals surface area contributed by atoms with Crippen LogP contribution < -0.4 is 0 Å². The Morgan fingerprint density at radius 2 is 2.14 bits per heavy atom. The second-order valence-corrected chi connectivity index (χ2v) is 5.48. The molecule has 1 fully saturated rings. The molecule has 2 aliphatic rings. The molecule has 2 N–H and O–H groups in total. The first-order valence-corrected chi connectivity index (χ1v) is 7.06. The molecule has 4 heterocycles. The number of rotatable bonds is 2. The van der Waals surface area contributed by atoms with E-state index in [1.807, 2.05) is 12.4 Å². The van der Waals surface area contributed by atoms with Crippen molar-refractivity contribution in [2.45, 2.75) is 24.8 Å². The van der Waals surface area contributed by atoms with Crippen molar-refractivity contribution < 1.29 is 0 Å². The standard InChI is InChI=1S/C14H13N7/c1-2-8(1)11-10-12(14-16-3-4-17-14)21-6-5-15-9(21)7-18-13(10)20-19-11/h3-8,12H,1-2H2,(H,16,17)(H,19,20). The molecule has 0 spiro atoms. The van der Waals surface area contributed by atoms with Crippen LogP contribution in [0, 0.1) is 0 Å². The number of nitrogens with one attached hydrogen (secondary N) is 2. The fourth-order valence-corrected chi connectivity index (χ4v) is 3.00. The van der Waals surface area contributed by atoms with Crippen LogP contribution in [0.5, 0.6) is 0 Å². The summed E-state index contributed by atoms with van der Waals surface area (Å²) in [7, 11) is 0. The molecule has 1 aliphatic carbocycles. The van der Waals surface area contributed by atoms with Gasteiger partial charge in [0, 0.05) is 36.4 Å². The molecular formula is C14H13N7. The normalized spacial score (nSPS) is 20.1. The first kappa shape index (κ1) is 11.0. The van der Waals surface area contributed by atoms with Crippen molar-refractivity contribution in [2.24, 2.45) is 4.99 Å². The number of aromatic amines is 2. The van der Waals surface area contributed by atoms with Crippen LogP contribution in [0.15, 0.2) is 29.8 Å². The van der Waals surface area contributed by atoms with Crippen molar-refractivity contribution >= 4 is 12.0 Å². The van der Waals surface area contributed by atoms with E-state index in [-0.39, 0.29) is 6.04 Å². The summed E-state index contributed by atoms with van der Waals surface area (Å²) in [5.41, 5.74) is 2.30. The van der Waals surface area contributed by atoms with E-state index in [0.29, 0.717) is 5.92 Å². The predicted octanol–water partition coefficient (Wildman–Crippen LogP) is 1.91. The Balaban J connectivity index is 1.80. The van der Waals surface area contributed by atoms with Gasteiger partial charge in [0.05, 0.1) is 11.8 Å². The fraction of sp³-hybridized carbons (Fsp3) is 0.286. The van der Waals surface area contributed by atoms with Gasteiger partial charge in [-0.15, -0.1) is 0 Å². The van der Waals surface area contributed by atoms with Gasteiger partial charge in [-0.3, -0.25) is 5.10 Å². The van der Waals surface area contributed by atoms with Crippen LogP contribution in [0.4, 0.5) is 5.82 Å². The Morgan fingerprint density at radius 1 is 1.19 bits per heavy atom. The molecule has 21 heavy (non-hydrogen) atoms. The number of fused-ring (bicyclic) bond motifs is 2. The van der Waals surface area contributed by atoms with Crippen LogP contribution in [-0.4, -0.2) is 35.9 Å². The molecule has 0 saturated heterocycles. The number of aliphatic imine (C=N–C) groups is 1. The Morgan fingerprint density at radius 3 is 2.95 bits per heavy atom. The summed E-state index contributed by atoms with van der Waals surface area (Å²) in [5.74, 6) is 3.00. The molecule has 1 aliphatic heterocycles. The molecule has 0 aromatic carbocycles. The molecule has 0 radical (unpaired) electrons. The average molecular weight is 279 g/mol. The maximum atomic E-state index is 4.50. The topological polar surface area (TPSA) is 87.5 Å². The smallest absolute Gasteiger partial charge is 0.179 e. The number of H-pyrrole nitrogens is 2. The van der Waals surface area contributed by atoms with Gasteiger partial charge in [-0.05, 0) is 12.8 Å². The van der Waals surface area contributed by atoms with E-state index in [0.717, 1.165) is 23.0 Å². The third-order valence-electron chi connectivity index (χ3n) is 4.13. The molecular weight excluding hydrogens is 266 g/mol. The van der Waals surface area contributed by atoms with Crippen molar-refractivity contribution in [3.8, 4) is 0 Å². The van der Waals surface area contributed by atoms with Gasteiger partial charge in [0.15, 0.2) is 11.6 Å². The molecule has 0 amide bonds. The second-order valence-electron chi connectivity index (χ2n) is 5.48. The monoisotopic (exact) mass is 279 g/mol. The number of imidazole rings is 2. The predicted molar refractivity (Wildman–Crippen MR) is 75.9 cm³/mol. The quantitative estimate of drug-likeness (QED) is 0.587. The maximum absolute atomic E-state index is 4.50. The summed E-state index contributed by atoms with van der Waals surface area (Å²) in [6, 6.07) is -0.0654. The summed E-state index contributed by atoms with van der Waals surface area (Å²) in [4.78, 5) is 16.5. The minimum absolute atomic E-state index is 0.0654. The van der Waals surface area contributed by atoms with E-state index >= 15 is 0 Å². The molecule has 7 nitrogen and oxygen atoms in total. The van der Waals surface area contributed by atoms with Crippen molar-refractivity contribution in [1.29, 1.82) is 0 Å². The lowest BCUT2D eigenvalue weighted by Gasteiger charge is -2.17. The van der Waals surface area contributed by atoms with Gasteiger partial charge in [0.25, 0.3) is 0 Å². The minimum Gasteiger partial charge on any atom is -0.347 e. The van der Waals surface area contributed by atoms with Crippen LogP contribution in [0.1, 0.15) is 47.7 Å². The zero-order chi connectivity index (χ0) is 13.8. The minimum atomic E-state index is -0.0654. The molecule has 1 saturated carbocycles. The summed E-state index contributed by atoms with van der Waals surface area (Å²) in [5, 5.41) is 7.58. The van der Waals surface area contributed by atoms with Crippen molar-refractivity contribution in [3.05, 3.63) is 47.7 Å². The highest BCUT2D eigenvalue weighted by Gasteiger charge is 2.36. The largest absolute Gasteiger partial charge is 0.347 e. The Hall–Kier alpha value is -2.70. The highest BCUT2D eigenvalue weighted by atomic mass is 15.2.